The van der Waals surface area contributed by atoms with Crippen LogP contribution in [-0.4, -0.2) is 0 Å². The zero-order valence-corrected chi connectivity index (χ0v) is 13.1. The van der Waals surface area contributed by atoms with E-state index >= 15 is 0 Å². The molecule has 2 aromatic carbocycles. The van der Waals surface area contributed by atoms with E-state index in [2.05, 4.69) is 27.4 Å². The number of hydrogen-bond acceptors (Lipinski definition) is 2. The molecule has 0 radical (unpaired) electrons. The first kappa shape index (κ1) is 14.8. The Bertz CT molecular complexity index is 575. The number of benzene rings is 2. The van der Waals surface area contributed by atoms with Crippen LogP contribution in [0.25, 0.3) is 0 Å². The molecule has 0 amide bonds. The van der Waals surface area contributed by atoms with Crippen LogP contribution in [0.2, 0.25) is 10.0 Å². The van der Waals surface area contributed by atoms with Crippen molar-refractivity contribution < 1.29 is 0 Å². The molecule has 3 N–H and O–H groups in total. The largest absolute Gasteiger partial charge is 0.271 e. The van der Waals surface area contributed by atoms with Gasteiger partial charge in [-0.15, -0.1) is 0 Å². The van der Waals surface area contributed by atoms with Crippen molar-refractivity contribution in [3.63, 3.8) is 0 Å². The van der Waals surface area contributed by atoms with Gasteiger partial charge in [0.05, 0.1) is 6.04 Å². The maximum Gasteiger partial charge on any atom is 0.0515 e. The van der Waals surface area contributed by atoms with Crippen molar-refractivity contribution >= 4 is 39.1 Å². The molecule has 0 aliphatic heterocycles. The van der Waals surface area contributed by atoms with E-state index in [1.165, 1.54) is 0 Å². The van der Waals surface area contributed by atoms with Gasteiger partial charge in [0, 0.05) is 14.5 Å². The summed E-state index contributed by atoms with van der Waals surface area (Å²) in [4.78, 5) is 0. The van der Waals surface area contributed by atoms with Crippen molar-refractivity contribution in [2.24, 2.45) is 5.84 Å². The second-order valence-corrected chi connectivity index (χ2v) is 5.88. The smallest absolute Gasteiger partial charge is 0.0515 e. The summed E-state index contributed by atoms with van der Waals surface area (Å²) in [6.45, 7) is 0. The first-order valence-electron chi connectivity index (χ1n) is 5.76. The van der Waals surface area contributed by atoms with Gasteiger partial charge in [-0.1, -0.05) is 63.4 Å². The van der Waals surface area contributed by atoms with Crippen LogP contribution >= 0.6 is 39.1 Å². The first-order chi connectivity index (χ1) is 9.11. The lowest BCUT2D eigenvalue weighted by Gasteiger charge is -2.18. The monoisotopic (exact) mass is 358 g/mol. The van der Waals surface area contributed by atoms with Crippen LogP contribution in [0.5, 0.6) is 0 Å². The fourth-order valence-electron chi connectivity index (χ4n) is 1.93. The zero-order chi connectivity index (χ0) is 13.8. The normalized spacial score (nSPS) is 12.4. The van der Waals surface area contributed by atoms with Crippen LogP contribution in [0.1, 0.15) is 17.2 Å². The molecule has 2 nitrogen and oxygen atoms in total. The molecule has 0 bridgehead atoms. The number of rotatable bonds is 4. The zero-order valence-electron chi connectivity index (χ0n) is 10.0. The van der Waals surface area contributed by atoms with Gasteiger partial charge in [-0.25, -0.2) is 0 Å². The van der Waals surface area contributed by atoms with E-state index in [4.69, 9.17) is 29.0 Å². The van der Waals surface area contributed by atoms with Crippen molar-refractivity contribution in [1.82, 2.24) is 5.43 Å². The molecule has 19 heavy (non-hydrogen) atoms. The van der Waals surface area contributed by atoms with E-state index < -0.39 is 0 Å². The Morgan fingerprint density at radius 1 is 1.16 bits per heavy atom. The van der Waals surface area contributed by atoms with Gasteiger partial charge in [-0.3, -0.25) is 11.3 Å². The van der Waals surface area contributed by atoms with Gasteiger partial charge < -0.3 is 0 Å². The highest BCUT2D eigenvalue weighted by Gasteiger charge is 2.15. The Morgan fingerprint density at radius 3 is 2.53 bits per heavy atom. The van der Waals surface area contributed by atoms with E-state index in [-0.39, 0.29) is 6.04 Å². The predicted molar refractivity (Wildman–Crippen MR) is 84.4 cm³/mol. The third-order valence-corrected chi connectivity index (χ3v) is 4.26. The van der Waals surface area contributed by atoms with Crippen LogP contribution in [-0.2, 0) is 6.42 Å². The standard InChI is InChI=1S/C14H13BrCl2N2/c15-12-4-2-1-3-9(12)7-14(19-18)11-6-5-10(16)8-13(11)17/h1-6,8,14,19H,7,18H2. The number of halogens is 3. The van der Waals surface area contributed by atoms with Crippen LogP contribution in [0.15, 0.2) is 46.9 Å². The average Bonchev–Trinajstić information content (AvgIpc) is 2.39. The molecule has 0 saturated carbocycles. The third kappa shape index (κ3) is 3.71. The Morgan fingerprint density at radius 2 is 1.89 bits per heavy atom. The summed E-state index contributed by atoms with van der Waals surface area (Å²) in [6, 6.07) is 13.4. The first-order valence-corrected chi connectivity index (χ1v) is 7.31. The molecule has 0 aliphatic carbocycles. The second kappa shape index (κ2) is 6.73. The van der Waals surface area contributed by atoms with Crippen LogP contribution in [0.3, 0.4) is 0 Å². The van der Waals surface area contributed by atoms with E-state index in [0.717, 1.165) is 22.0 Å². The molecule has 100 valence electrons. The minimum absolute atomic E-state index is 0.0662. The Hall–Kier alpha value is -0.580. The highest BCUT2D eigenvalue weighted by Crippen LogP contribution is 2.29. The lowest BCUT2D eigenvalue weighted by molar-refractivity contribution is 0.551. The van der Waals surface area contributed by atoms with Crippen LogP contribution in [0, 0.1) is 0 Å². The minimum atomic E-state index is -0.0662. The van der Waals surface area contributed by atoms with E-state index in [1.807, 2.05) is 30.3 Å². The molecule has 5 heteroatoms. The topological polar surface area (TPSA) is 38.0 Å². The van der Waals surface area contributed by atoms with Crippen molar-refractivity contribution in [3.8, 4) is 0 Å². The van der Waals surface area contributed by atoms with E-state index in [9.17, 15) is 0 Å². The quantitative estimate of drug-likeness (QED) is 0.622. The Kier molecular flexibility index (Phi) is 5.25. The average molecular weight is 360 g/mol. The molecule has 0 saturated heterocycles. The molecule has 0 spiro atoms. The molecule has 0 fully saturated rings. The van der Waals surface area contributed by atoms with Gasteiger partial charge in [0.2, 0.25) is 0 Å². The highest BCUT2D eigenvalue weighted by molar-refractivity contribution is 9.10. The van der Waals surface area contributed by atoms with Gasteiger partial charge in [0.15, 0.2) is 0 Å². The molecule has 0 heterocycles. The number of nitrogens with two attached hydrogens (primary N) is 1. The minimum Gasteiger partial charge on any atom is -0.271 e. The Balaban J connectivity index is 2.28. The van der Waals surface area contributed by atoms with Crippen molar-refractivity contribution in [2.45, 2.75) is 12.5 Å². The number of hydrazine groups is 1. The molecular weight excluding hydrogens is 347 g/mol. The number of nitrogens with one attached hydrogen (secondary N) is 1. The third-order valence-electron chi connectivity index (χ3n) is 2.92. The predicted octanol–water partition coefficient (Wildman–Crippen LogP) is 4.50. The summed E-state index contributed by atoms with van der Waals surface area (Å²) in [6.07, 6.45) is 0.735. The lowest BCUT2D eigenvalue weighted by atomic mass is 9.99. The summed E-state index contributed by atoms with van der Waals surface area (Å²) in [7, 11) is 0. The Labute approximate surface area is 131 Å². The molecule has 0 aromatic heterocycles. The lowest BCUT2D eigenvalue weighted by Crippen LogP contribution is -2.29. The fourth-order valence-corrected chi connectivity index (χ4v) is 2.91. The van der Waals surface area contributed by atoms with Crippen molar-refractivity contribution in [2.75, 3.05) is 0 Å². The van der Waals surface area contributed by atoms with E-state index in [1.54, 1.807) is 6.07 Å². The molecule has 0 aliphatic rings. The van der Waals surface area contributed by atoms with Gasteiger partial charge >= 0.3 is 0 Å². The van der Waals surface area contributed by atoms with Crippen molar-refractivity contribution in [1.29, 1.82) is 0 Å². The summed E-state index contributed by atoms with van der Waals surface area (Å²) in [5.41, 5.74) is 4.90. The maximum atomic E-state index is 6.22. The summed E-state index contributed by atoms with van der Waals surface area (Å²) in [5, 5.41) is 1.23. The van der Waals surface area contributed by atoms with Crippen LogP contribution < -0.4 is 11.3 Å². The van der Waals surface area contributed by atoms with Gasteiger partial charge in [-0.2, -0.15) is 0 Å². The van der Waals surface area contributed by atoms with Crippen molar-refractivity contribution in [3.05, 3.63) is 68.1 Å². The molecule has 2 rings (SSSR count). The highest BCUT2D eigenvalue weighted by atomic mass is 79.9. The fraction of sp³-hybridized carbons (Fsp3) is 0.143. The SMILES string of the molecule is NNC(Cc1ccccc1Br)c1ccc(Cl)cc1Cl. The maximum absolute atomic E-state index is 6.22. The summed E-state index contributed by atoms with van der Waals surface area (Å²) < 4.78 is 1.06. The second-order valence-electron chi connectivity index (χ2n) is 4.18. The number of hydrogen-bond donors (Lipinski definition) is 2. The van der Waals surface area contributed by atoms with Crippen LogP contribution in [0.4, 0.5) is 0 Å². The molecule has 1 atom stereocenters. The summed E-state index contributed by atoms with van der Waals surface area (Å²) in [5.74, 6) is 5.65. The summed E-state index contributed by atoms with van der Waals surface area (Å²) >= 11 is 15.7. The van der Waals surface area contributed by atoms with Gasteiger partial charge in [0.25, 0.3) is 0 Å². The van der Waals surface area contributed by atoms with Gasteiger partial charge in [0.1, 0.15) is 0 Å². The molecular formula is C14H13BrCl2N2. The molecule has 1 unspecified atom stereocenters. The van der Waals surface area contributed by atoms with Gasteiger partial charge in [-0.05, 0) is 35.7 Å². The molecule has 2 aromatic rings. The van der Waals surface area contributed by atoms with E-state index in [0.29, 0.717) is 10.0 Å².